The molecule has 1 aliphatic heterocycles. The van der Waals surface area contributed by atoms with Gasteiger partial charge in [0.1, 0.15) is 10.8 Å². The van der Waals surface area contributed by atoms with Gasteiger partial charge in [0, 0.05) is 28.8 Å². The average Bonchev–Trinajstić information content (AvgIpc) is 2.77. The van der Waals surface area contributed by atoms with E-state index in [1.165, 1.54) is 11.3 Å². The van der Waals surface area contributed by atoms with E-state index >= 15 is 0 Å². The molecule has 116 valence electrons. The normalized spacial score (nSPS) is 16.7. The van der Waals surface area contributed by atoms with Crippen molar-refractivity contribution in [3.63, 3.8) is 0 Å². The standard InChI is InChI=1S/C16H19FN4S/c1-9-12-7-19-16(18)20-15(12)22-14(9)11-6-10(8-21(2)3)4-5-13(11)17/h4-7,16,20H,8,18H2,1-3H3. The molecule has 3 rings (SSSR count). The highest BCUT2D eigenvalue weighted by atomic mass is 32.1. The zero-order valence-electron chi connectivity index (χ0n) is 12.9. The molecule has 1 aliphatic rings. The van der Waals surface area contributed by atoms with E-state index in [-0.39, 0.29) is 5.82 Å². The predicted octanol–water partition coefficient (Wildman–Crippen LogP) is 3.01. The number of thiophene rings is 1. The van der Waals surface area contributed by atoms with Crippen molar-refractivity contribution in [3.8, 4) is 10.4 Å². The number of rotatable bonds is 3. The number of halogens is 1. The quantitative estimate of drug-likeness (QED) is 0.915. The lowest BCUT2D eigenvalue weighted by molar-refractivity contribution is 0.402. The number of nitrogens with zero attached hydrogens (tertiary/aromatic N) is 2. The molecular weight excluding hydrogens is 299 g/mol. The van der Waals surface area contributed by atoms with Gasteiger partial charge in [0.15, 0.2) is 6.29 Å². The number of anilines is 1. The first-order valence-electron chi connectivity index (χ1n) is 7.08. The molecule has 6 heteroatoms. The van der Waals surface area contributed by atoms with Crippen LogP contribution in [0, 0.1) is 12.7 Å². The topological polar surface area (TPSA) is 53.6 Å². The second-order valence-corrected chi connectivity index (χ2v) is 6.74. The van der Waals surface area contributed by atoms with Gasteiger partial charge in [0.2, 0.25) is 0 Å². The minimum atomic E-state index is -0.427. The molecule has 2 heterocycles. The molecule has 0 aliphatic carbocycles. The van der Waals surface area contributed by atoms with Crippen LogP contribution < -0.4 is 11.1 Å². The van der Waals surface area contributed by atoms with Crippen LogP contribution in [0.5, 0.6) is 0 Å². The van der Waals surface area contributed by atoms with Crippen molar-refractivity contribution in [2.24, 2.45) is 10.7 Å². The fraction of sp³-hybridized carbons (Fsp3) is 0.312. The monoisotopic (exact) mass is 318 g/mol. The van der Waals surface area contributed by atoms with Crippen LogP contribution in [0.4, 0.5) is 9.39 Å². The van der Waals surface area contributed by atoms with Crippen molar-refractivity contribution in [2.75, 3.05) is 19.4 Å². The zero-order chi connectivity index (χ0) is 15.9. The van der Waals surface area contributed by atoms with Gasteiger partial charge < -0.3 is 10.2 Å². The van der Waals surface area contributed by atoms with Crippen molar-refractivity contribution >= 4 is 22.6 Å². The Bertz CT molecular complexity index is 736. The third kappa shape index (κ3) is 2.77. The second-order valence-electron chi connectivity index (χ2n) is 5.72. The molecule has 1 atom stereocenters. The molecule has 3 N–H and O–H groups in total. The number of hydrogen-bond donors (Lipinski definition) is 2. The fourth-order valence-electron chi connectivity index (χ4n) is 2.58. The van der Waals surface area contributed by atoms with Gasteiger partial charge in [-0.3, -0.25) is 10.7 Å². The number of nitrogens with one attached hydrogen (secondary N) is 1. The summed E-state index contributed by atoms with van der Waals surface area (Å²) >= 11 is 1.52. The third-order valence-corrected chi connectivity index (χ3v) is 4.88. The first-order chi connectivity index (χ1) is 10.5. The molecule has 1 aromatic heterocycles. The van der Waals surface area contributed by atoms with E-state index < -0.39 is 6.29 Å². The molecule has 1 aromatic carbocycles. The van der Waals surface area contributed by atoms with E-state index in [9.17, 15) is 4.39 Å². The van der Waals surface area contributed by atoms with Crippen LogP contribution in [0.1, 0.15) is 16.7 Å². The molecule has 0 saturated heterocycles. The van der Waals surface area contributed by atoms with E-state index in [0.29, 0.717) is 5.56 Å². The first-order valence-corrected chi connectivity index (χ1v) is 7.89. The molecule has 22 heavy (non-hydrogen) atoms. The Morgan fingerprint density at radius 3 is 2.91 bits per heavy atom. The molecule has 0 saturated carbocycles. The van der Waals surface area contributed by atoms with Gasteiger partial charge in [-0.05, 0) is 44.3 Å². The van der Waals surface area contributed by atoms with Crippen molar-refractivity contribution < 1.29 is 4.39 Å². The van der Waals surface area contributed by atoms with E-state index in [1.54, 1.807) is 12.3 Å². The number of hydrogen-bond acceptors (Lipinski definition) is 5. The summed E-state index contributed by atoms with van der Waals surface area (Å²) in [7, 11) is 4.00. The van der Waals surface area contributed by atoms with Crippen molar-refractivity contribution in [3.05, 3.63) is 40.7 Å². The van der Waals surface area contributed by atoms with Crippen LogP contribution >= 0.6 is 11.3 Å². The Morgan fingerprint density at radius 1 is 1.41 bits per heavy atom. The molecule has 0 radical (unpaired) electrons. The fourth-order valence-corrected chi connectivity index (χ4v) is 3.81. The van der Waals surface area contributed by atoms with Crippen LogP contribution in [0.15, 0.2) is 23.2 Å². The molecule has 0 fully saturated rings. The maximum atomic E-state index is 14.3. The van der Waals surface area contributed by atoms with Crippen molar-refractivity contribution in [1.82, 2.24) is 4.90 Å². The largest absolute Gasteiger partial charge is 0.343 e. The molecule has 0 bridgehead atoms. The lowest BCUT2D eigenvalue weighted by atomic mass is 10.0. The Kier molecular flexibility index (Phi) is 3.99. The van der Waals surface area contributed by atoms with E-state index in [4.69, 9.17) is 5.73 Å². The molecular formula is C16H19FN4S. The highest BCUT2D eigenvalue weighted by Gasteiger charge is 2.21. The van der Waals surface area contributed by atoms with E-state index in [2.05, 4.69) is 15.2 Å². The average molecular weight is 318 g/mol. The summed E-state index contributed by atoms with van der Waals surface area (Å²) in [4.78, 5) is 7.16. The maximum absolute atomic E-state index is 14.3. The number of nitrogens with two attached hydrogens (primary N) is 1. The van der Waals surface area contributed by atoms with Crippen LogP contribution in [-0.2, 0) is 6.54 Å². The van der Waals surface area contributed by atoms with Crippen molar-refractivity contribution in [2.45, 2.75) is 19.8 Å². The van der Waals surface area contributed by atoms with Gasteiger partial charge >= 0.3 is 0 Å². The molecule has 2 aromatic rings. The molecule has 1 unspecified atom stereocenters. The van der Waals surface area contributed by atoms with Crippen molar-refractivity contribution in [1.29, 1.82) is 0 Å². The summed E-state index contributed by atoms with van der Waals surface area (Å²) in [6.07, 6.45) is 1.34. The smallest absolute Gasteiger partial charge is 0.171 e. The number of aliphatic imine (C=N–C) groups is 1. The highest BCUT2D eigenvalue weighted by Crippen LogP contribution is 2.41. The minimum absolute atomic E-state index is 0.203. The molecule has 4 nitrogen and oxygen atoms in total. The van der Waals surface area contributed by atoms with Gasteiger partial charge in [0.25, 0.3) is 0 Å². The Morgan fingerprint density at radius 2 is 2.18 bits per heavy atom. The number of benzene rings is 1. The summed E-state index contributed by atoms with van der Waals surface area (Å²) in [6.45, 7) is 2.77. The maximum Gasteiger partial charge on any atom is 0.171 e. The Labute approximate surface area is 133 Å². The van der Waals surface area contributed by atoms with Gasteiger partial charge in [0.05, 0.1) is 0 Å². The van der Waals surface area contributed by atoms with Crippen LogP contribution in [0.25, 0.3) is 10.4 Å². The second kappa shape index (κ2) is 5.79. The summed E-state index contributed by atoms with van der Waals surface area (Å²) in [5.74, 6) is -0.203. The van der Waals surface area contributed by atoms with Crippen LogP contribution in [-0.4, -0.2) is 31.5 Å². The lowest BCUT2D eigenvalue weighted by Gasteiger charge is -2.14. The summed E-state index contributed by atoms with van der Waals surface area (Å²) in [5, 5.41) is 4.08. The van der Waals surface area contributed by atoms with Gasteiger partial charge in [-0.1, -0.05) is 6.07 Å². The van der Waals surface area contributed by atoms with Crippen LogP contribution in [0.2, 0.25) is 0 Å². The summed E-state index contributed by atoms with van der Waals surface area (Å²) in [5.41, 5.74) is 9.53. The minimum Gasteiger partial charge on any atom is -0.343 e. The third-order valence-electron chi connectivity index (χ3n) is 3.61. The lowest BCUT2D eigenvalue weighted by Crippen LogP contribution is -2.29. The van der Waals surface area contributed by atoms with Gasteiger partial charge in [-0.15, -0.1) is 11.3 Å². The Balaban J connectivity index is 2.06. The van der Waals surface area contributed by atoms with Crippen LogP contribution in [0.3, 0.4) is 0 Å². The molecule has 0 spiro atoms. The number of fused-ring (bicyclic) bond motifs is 1. The SMILES string of the molecule is Cc1c(-c2cc(CN(C)C)ccc2F)sc2c1C=NC(N)N2. The zero-order valence-corrected chi connectivity index (χ0v) is 13.7. The highest BCUT2D eigenvalue weighted by molar-refractivity contribution is 7.20. The summed E-state index contributed by atoms with van der Waals surface area (Å²) < 4.78 is 14.3. The molecule has 0 amide bonds. The van der Waals surface area contributed by atoms with E-state index in [0.717, 1.165) is 33.1 Å². The van der Waals surface area contributed by atoms with Gasteiger partial charge in [-0.2, -0.15) is 0 Å². The first kappa shape index (κ1) is 15.1. The summed E-state index contributed by atoms with van der Waals surface area (Å²) in [6, 6.07) is 5.30. The predicted molar refractivity (Wildman–Crippen MR) is 91.0 cm³/mol. The van der Waals surface area contributed by atoms with E-state index in [1.807, 2.05) is 33.2 Å². The Hall–Kier alpha value is -1.76. The van der Waals surface area contributed by atoms with Gasteiger partial charge in [-0.25, -0.2) is 4.39 Å².